The predicted octanol–water partition coefficient (Wildman–Crippen LogP) is 13.0. The molecule has 0 spiro atoms. The fourth-order valence-electron chi connectivity index (χ4n) is 15.1. The Morgan fingerprint density at radius 1 is 0.333 bits per heavy atom. The monoisotopic (exact) mass is 1790 g/mol. The van der Waals surface area contributed by atoms with Crippen LogP contribution in [0.25, 0.3) is 0 Å². The molecular weight excluding hydrogens is 1690 g/mol. The van der Waals surface area contributed by atoms with Crippen LogP contribution in [0.15, 0.2) is 200 Å². The number of carboxylic acids is 1. The standard InChI is InChI=1S/2C27H28F3N3O3.2C16H19FN2O.C11H11F2NO3/c2*1-16(31-25(34)13-18-11-21(29)14-22(30)12-18)26(35)32-23-3-2-4-24(19-7-9-20(28)10-8-19)33(27(23)36)15-17-5-6-17;2*17-13-8-6-12(7-9-13)15-3-1-2-14(18)16(20)19(15)10-11-4-5-11;1-6(11(16)17)14-10(15)4-7-2-8(12)5-9(13)3-7/h2*2,4,7-12,14,16-17,23-24H,3,5-6,13,15H2,1H3,(H,31,34)(H,32,35);2*1,3,6-9,11,14-15H,2,4-5,10,18H2;2-3,5-6H,4H2,1H3,(H,14,15)(H,16,17)/t16-,23+,24-;16-,23-,24-;14-,15+;14-,15-;6-/m00100/s1. The molecule has 7 aromatic rings. The zero-order valence-corrected chi connectivity index (χ0v) is 71.4. The molecule has 0 unspecified atom stereocenters. The molecule has 129 heavy (non-hydrogen) atoms. The highest BCUT2D eigenvalue weighted by Crippen LogP contribution is 2.40. The van der Waals surface area contributed by atoms with Gasteiger partial charge >= 0.3 is 5.97 Å². The Labute approximate surface area is 741 Å². The molecule has 8 aliphatic rings. The van der Waals surface area contributed by atoms with E-state index in [1.54, 1.807) is 58.3 Å². The number of amides is 9. The van der Waals surface area contributed by atoms with Gasteiger partial charge in [0, 0.05) is 44.4 Å². The highest BCUT2D eigenvalue weighted by molar-refractivity contribution is 5.94. The lowest BCUT2D eigenvalue weighted by Crippen LogP contribution is -2.53. The van der Waals surface area contributed by atoms with Crippen molar-refractivity contribution in [3.8, 4) is 0 Å². The lowest BCUT2D eigenvalue weighted by molar-refractivity contribution is -0.141. The van der Waals surface area contributed by atoms with Crippen molar-refractivity contribution in [2.24, 2.45) is 35.1 Å². The first kappa shape index (κ1) is 97.0. The minimum atomic E-state index is -1.18. The topological polar surface area (TPSA) is 316 Å². The molecule has 7 aromatic carbocycles. The van der Waals surface area contributed by atoms with Crippen molar-refractivity contribution in [1.82, 2.24) is 46.2 Å². The molecule has 4 heterocycles. The van der Waals surface area contributed by atoms with E-state index in [0.717, 1.165) is 97.4 Å². The van der Waals surface area contributed by atoms with Crippen LogP contribution in [0.2, 0.25) is 0 Å². The van der Waals surface area contributed by atoms with Crippen LogP contribution in [0.5, 0.6) is 0 Å². The molecule has 4 aliphatic heterocycles. The second-order valence-corrected chi connectivity index (χ2v) is 33.8. The van der Waals surface area contributed by atoms with Gasteiger partial charge in [0.05, 0.1) is 55.5 Å². The average molecular weight is 1790 g/mol. The van der Waals surface area contributed by atoms with E-state index in [-0.39, 0.29) is 120 Å². The molecule has 0 saturated heterocycles. The Morgan fingerprint density at radius 3 is 0.791 bits per heavy atom. The molecule has 0 radical (unpaired) electrons. The van der Waals surface area contributed by atoms with Gasteiger partial charge in [-0.15, -0.1) is 0 Å². The highest BCUT2D eigenvalue weighted by atomic mass is 19.2. The van der Waals surface area contributed by atoms with Gasteiger partial charge in [0.2, 0.25) is 53.2 Å². The maximum Gasteiger partial charge on any atom is 0.325 e. The van der Waals surface area contributed by atoms with E-state index in [0.29, 0.717) is 67.8 Å². The number of aliphatic carboxylic acids is 1. The number of nitrogens with one attached hydrogen (secondary N) is 5. The van der Waals surface area contributed by atoms with Crippen LogP contribution in [-0.4, -0.2) is 152 Å². The Morgan fingerprint density at radius 2 is 0.558 bits per heavy atom. The molecule has 11 atom stereocenters. The first-order chi connectivity index (χ1) is 61.6. The summed E-state index contributed by atoms with van der Waals surface area (Å²) in [6, 6.07) is 26.6. The maximum atomic E-state index is 13.5. The number of rotatable bonds is 26. The number of carbonyl (C=O) groups is 10. The fourth-order valence-corrected chi connectivity index (χ4v) is 15.1. The van der Waals surface area contributed by atoms with E-state index in [4.69, 9.17) is 16.6 Å². The van der Waals surface area contributed by atoms with Crippen molar-refractivity contribution < 1.29 is 97.0 Å². The molecule has 0 aromatic heterocycles. The Hall–Kier alpha value is -12.6. The van der Waals surface area contributed by atoms with E-state index in [9.17, 15) is 91.8 Å². The number of nitrogens with two attached hydrogens (primary N) is 2. The number of nitrogens with zero attached hydrogens (tertiary/aromatic N) is 4. The van der Waals surface area contributed by atoms with Gasteiger partial charge in [-0.25, -0.2) is 43.9 Å². The van der Waals surface area contributed by atoms with Gasteiger partial charge in [-0.05, 0) is 245 Å². The smallest absolute Gasteiger partial charge is 0.325 e. The first-order valence-corrected chi connectivity index (χ1v) is 43.0. The lowest BCUT2D eigenvalue weighted by atomic mass is 10.0. The number of carboxylic acid groups (broad SMARTS) is 1. The molecule has 22 nitrogen and oxygen atoms in total. The van der Waals surface area contributed by atoms with Crippen molar-refractivity contribution in [3.63, 3.8) is 0 Å². The number of benzene rings is 7. The van der Waals surface area contributed by atoms with Gasteiger partial charge in [-0.1, -0.05) is 97.1 Å². The predicted molar refractivity (Wildman–Crippen MR) is 460 cm³/mol. The minimum absolute atomic E-state index is 0.00350. The number of hydrogen-bond acceptors (Lipinski definition) is 12. The summed E-state index contributed by atoms with van der Waals surface area (Å²) in [5, 5.41) is 21.2. The summed E-state index contributed by atoms with van der Waals surface area (Å²) in [5.74, 6) is -8.54. The van der Waals surface area contributed by atoms with Crippen molar-refractivity contribution in [2.75, 3.05) is 26.2 Å². The van der Waals surface area contributed by atoms with E-state index in [2.05, 4.69) is 26.6 Å². The fraction of sp³-hybridized carbons (Fsp3) is 0.381. The van der Waals surface area contributed by atoms with E-state index >= 15 is 0 Å². The summed E-state index contributed by atoms with van der Waals surface area (Å²) in [7, 11) is 0. The Balaban J connectivity index is 0.000000161. The summed E-state index contributed by atoms with van der Waals surface area (Å²) < 4.78 is 132. The largest absolute Gasteiger partial charge is 0.480 e. The molecule has 32 heteroatoms. The number of hydrogen-bond donors (Lipinski definition) is 8. The molecule has 4 saturated carbocycles. The van der Waals surface area contributed by atoms with Gasteiger partial charge in [0.15, 0.2) is 0 Å². The molecular formula is C97H105F10N11O11. The van der Waals surface area contributed by atoms with Gasteiger partial charge in [-0.2, -0.15) is 0 Å². The average Bonchev–Trinajstić information content (AvgIpc) is 1.69. The van der Waals surface area contributed by atoms with Gasteiger partial charge in [-0.3, -0.25) is 47.9 Å². The summed E-state index contributed by atoms with van der Waals surface area (Å²) >= 11 is 0. The van der Waals surface area contributed by atoms with Crippen LogP contribution in [0.4, 0.5) is 43.9 Å². The first-order valence-electron chi connectivity index (χ1n) is 43.0. The van der Waals surface area contributed by atoms with E-state index in [1.807, 2.05) is 58.4 Å². The van der Waals surface area contributed by atoms with Crippen molar-refractivity contribution in [2.45, 2.75) is 184 Å². The highest BCUT2D eigenvalue weighted by Gasteiger charge is 2.41. The van der Waals surface area contributed by atoms with Crippen LogP contribution in [0, 0.1) is 81.8 Å². The quantitative estimate of drug-likeness (QED) is 0.0185. The maximum absolute atomic E-state index is 13.5. The Bertz CT molecular complexity index is 4920. The van der Waals surface area contributed by atoms with Crippen LogP contribution < -0.4 is 38.1 Å². The van der Waals surface area contributed by atoms with Gasteiger partial charge in [0.25, 0.3) is 0 Å². The van der Waals surface area contributed by atoms with E-state index < -0.39 is 113 Å². The molecule has 0 bridgehead atoms. The zero-order valence-electron chi connectivity index (χ0n) is 71.4. The van der Waals surface area contributed by atoms with Gasteiger partial charge in [0.1, 0.15) is 88.4 Å². The summed E-state index contributed by atoms with van der Waals surface area (Å²) in [4.78, 5) is 131. The summed E-state index contributed by atoms with van der Waals surface area (Å²) in [6.07, 6.45) is 25.0. The van der Waals surface area contributed by atoms with Crippen LogP contribution >= 0.6 is 0 Å². The SMILES string of the molecule is C[C@H](NC(=O)Cc1cc(F)cc(F)c1)C(=O)N[C@@H]1CC=C[C@@H](c2ccc(F)cc2)N(CC2CC2)C1=O.C[C@H](NC(=O)Cc1cc(F)cc(F)c1)C(=O)N[C@H]1CC=C[C@@H](c2ccc(F)cc2)N(CC2CC2)C1=O.C[C@H](NC(=O)Cc1cc(F)cc(F)c1)C(=O)O.N[C@@H]1CC=C[C@@H](c2ccc(F)cc2)N(CC2CC2)C1=O.N[C@H]1CC=C[C@@H](c2ccc(F)cc2)N(CC2CC2)C1=O. The molecule has 684 valence electrons. The second-order valence-electron chi connectivity index (χ2n) is 33.8. The molecule has 15 rings (SSSR count). The van der Waals surface area contributed by atoms with Crippen LogP contribution in [-0.2, 0) is 67.2 Å². The molecule has 4 fully saturated rings. The third-order valence-corrected chi connectivity index (χ3v) is 22.7. The van der Waals surface area contributed by atoms with Crippen LogP contribution in [0.1, 0.15) is 161 Å². The minimum Gasteiger partial charge on any atom is -0.480 e. The third-order valence-electron chi connectivity index (χ3n) is 22.7. The number of carbonyl (C=O) groups excluding carboxylic acids is 9. The van der Waals surface area contributed by atoms with Crippen molar-refractivity contribution in [1.29, 1.82) is 0 Å². The third kappa shape index (κ3) is 29.7. The van der Waals surface area contributed by atoms with E-state index in [1.165, 1.54) is 95.0 Å². The lowest BCUT2D eigenvalue weighted by Gasteiger charge is -2.32. The second kappa shape index (κ2) is 45.4. The normalized spacial score (nSPS) is 21.3. The van der Waals surface area contributed by atoms with Crippen molar-refractivity contribution in [3.05, 3.63) is 297 Å². The molecule has 4 aliphatic carbocycles. The summed E-state index contributed by atoms with van der Waals surface area (Å²) in [6.45, 7) is 6.81. The molecule has 10 N–H and O–H groups in total. The zero-order chi connectivity index (χ0) is 92.9. The van der Waals surface area contributed by atoms with Crippen LogP contribution in [0.3, 0.4) is 0 Å². The molecule has 9 amide bonds. The van der Waals surface area contributed by atoms with Gasteiger partial charge < -0.3 is 62.8 Å². The number of halogens is 10. The van der Waals surface area contributed by atoms with Crippen molar-refractivity contribution >= 4 is 59.1 Å². The summed E-state index contributed by atoms with van der Waals surface area (Å²) in [5.41, 5.74) is 15.7. The Kier molecular flexibility index (Phi) is 34.2.